The van der Waals surface area contributed by atoms with Crippen LogP contribution in [0, 0.1) is 6.92 Å². The van der Waals surface area contributed by atoms with Crippen molar-refractivity contribution in [1.29, 1.82) is 0 Å². The Labute approximate surface area is 196 Å². The Morgan fingerprint density at radius 1 is 1.09 bits per heavy atom. The molecular weight excluding hydrogens is 432 g/mol. The van der Waals surface area contributed by atoms with Gasteiger partial charge in [-0.05, 0) is 68.5 Å². The van der Waals surface area contributed by atoms with Gasteiger partial charge in [0.15, 0.2) is 0 Å². The highest BCUT2D eigenvalue weighted by Gasteiger charge is 2.10. The van der Waals surface area contributed by atoms with Crippen LogP contribution in [0.25, 0.3) is 11.7 Å². The van der Waals surface area contributed by atoms with E-state index in [1.165, 1.54) is 6.08 Å². The van der Waals surface area contributed by atoms with E-state index < -0.39 is 5.97 Å². The first kappa shape index (κ1) is 22.7. The number of carbonyl (C=O) groups is 2. The van der Waals surface area contributed by atoms with Crippen molar-refractivity contribution in [2.45, 2.75) is 20.5 Å². The van der Waals surface area contributed by atoms with Crippen LogP contribution in [0.5, 0.6) is 5.75 Å². The van der Waals surface area contributed by atoms with Crippen molar-refractivity contribution in [3.8, 4) is 5.75 Å². The van der Waals surface area contributed by atoms with Crippen molar-refractivity contribution in [1.82, 2.24) is 14.4 Å². The van der Waals surface area contributed by atoms with Crippen LogP contribution in [0.2, 0.25) is 0 Å². The third kappa shape index (κ3) is 5.47. The van der Waals surface area contributed by atoms with Gasteiger partial charge in [0.25, 0.3) is 5.91 Å². The largest absolute Gasteiger partial charge is 0.487 e. The predicted molar refractivity (Wildman–Crippen MR) is 129 cm³/mol. The summed E-state index contributed by atoms with van der Waals surface area (Å²) < 4.78 is 12.5. The Bertz CT molecular complexity index is 1330. The normalized spacial score (nSPS) is 11.0. The Hall–Kier alpha value is -4.46. The Morgan fingerprint density at radius 3 is 2.65 bits per heavy atom. The lowest BCUT2D eigenvalue weighted by molar-refractivity contribution is -0.137. The molecule has 0 spiro atoms. The molecule has 8 nitrogen and oxygen atoms in total. The summed E-state index contributed by atoms with van der Waals surface area (Å²) in [5.74, 6) is -0.00282. The van der Waals surface area contributed by atoms with Crippen molar-refractivity contribution in [2.75, 3.05) is 11.9 Å². The first-order valence-corrected chi connectivity index (χ1v) is 10.8. The number of aromatic nitrogens is 3. The predicted octanol–water partition coefficient (Wildman–Crippen LogP) is 4.45. The van der Waals surface area contributed by atoms with Crippen LogP contribution in [0.15, 0.2) is 73.1 Å². The maximum Gasteiger partial charge on any atom is 0.330 e. The molecular formula is C26H24N4O4. The maximum absolute atomic E-state index is 12.7. The summed E-state index contributed by atoms with van der Waals surface area (Å²) in [5, 5.41) is 2.90. The molecule has 0 aliphatic rings. The van der Waals surface area contributed by atoms with Gasteiger partial charge in [-0.2, -0.15) is 0 Å². The summed E-state index contributed by atoms with van der Waals surface area (Å²) >= 11 is 0. The summed E-state index contributed by atoms with van der Waals surface area (Å²) in [7, 11) is 0. The first-order chi connectivity index (χ1) is 16.5. The van der Waals surface area contributed by atoms with Gasteiger partial charge in [-0.3, -0.25) is 9.78 Å². The molecule has 0 saturated heterocycles. The fraction of sp³-hybridized carbons (Fsp3) is 0.154. The number of amides is 1. The standard InChI is InChI=1S/C26H24N4O4/c1-3-33-25(31)14-12-23-18(2)30-16-20(9-13-24(30)29-23)28-26(32)19-7-10-22(11-8-19)34-17-21-6-4-5-15-27-21/h4-16H,3,17H2,1-2H3,(H,28,32)/b14-12+. The molecule has 3 heterocycles. The topological polar surface area (TPSA) is 94.8 Å². The molecule has 0 bridgehead atoms. The van der Waals surface area contributed by atoms with Crippen molar-refractivity contribution < 1.29 is 19.1 Å². The van der Waals surface area contributed by atoms with Gasteiger partial charge in [0.1, 0.15) is 18.0 Å². The van der Waals surface area contributed by atoms with E-state index in [-0.39, 0.29) is 5.91 Å². The number of nitrogens with one attached hydrogen (secondary N) is 1. The van der Waals surface area contributed by atoms with Crippen LogP contribution >= 0.6 is 0 Å². The number of aryl methyl sites for hydroxylation is 1. The molecule has 0 aliphatic heterocycles. The zero-order valence-electron chi connectivity index (χ0n) is 18.9. The lowest BCUT2D eigenvalue weighted by Crippen LogP contribution is -2.12. The quantitative estimate of drug-likeness (QED) is 0.311. The third-order valence-corrected chi connectivity index (χ3v) is 5.05. The van der Waals surface area contributed by atoms with Crippen molar-refractivity contribution in [3.63, 3.8) is 0 Å². The number of fused-ring (bicyclic) bond motifs is 1. The van der Waals surface area contributed by atoms with E-state index in [1.807, 2.05) is 29.5 Å². The number of anilines is 1. The maximum atomic E-state index is 12.7. The molecule has 1 N–H and O–H groups in total. The molecule has 1 amide bonds. The van der Waals surface area contributed by atoms with Gasteiger partial charge >= 0.3 is 5.97 Å². The van der Waals surface area contributed by atoms with E-state index in [2.05, 4.69) is 15.3 Å². The van der Waals surface area contributed by atoms with Gasteiger partial charge in [-0.25, -0.2) is 9.78 Å². The number of hydrogen-bond donors (Lipinski definition) is 1. The van der Waals surface area contributed by atoms with E-state index >= 15 is 0 Å². The molecule has 1 aromatic carbocycles. The highest BCUT2D eigenvalue weighted by atomic mass is 16.5. The average Bonchev–Trinajstić information content (AvgIpc) is 3.17. The molecule has 0 aliphatic carbocycles. The highest BCUT2D eigenvalue weighted by molar-refractivity contribution is 6.04. The van der Waals surface area contributed by atoms with Crippen LogP contribution in [0.3, 0.4) is 0 Å². The molecule has 0 radical (unpaired) electrons. The van der Waals surface area contributed by atoms with Crippen LogP contribution < -0.4 is 10.1 Å². The number of pyridine rings is 2. The SMILES string of the molecule is CCOC(=O)/C=C/c1nc2ccc(NC(=O)c3ccc(OCc4ccccn4)cc3)cn2c1C. The van der Waals surface area contributed by atoms with Crippen LogP contribution in [0.1, 0.15) is 34.4 Å². The fourth-order valence-corrected chi connectivity index (χ4v) is 3.30. The van der Waals surface area contributed by atoms with Crippen molar-refractivity contribution in [2.24, 2.45) is 0 Å². The van der Waals surface area contributed by atoms with Gasteiger partial charge in [0, 0.05) is 29.7 Å². The second kappa shape index (κ2) is 10.4. The lowest BCUT2D eigenvalue weighted by Gasteiger charge is -2.08. The average molecular weight is 457 g/mol. The molecule has 0 unspecified atom stereocenters. The Morgan fingerprint density at radius 2 is 1.91 bits per heavy atom. The summed E-state index contributed by atoms with van der Waals surface area (Å²) in [4.78, 5) is 33.0. The zero-order chi connectivity index (χ0) is 23.9. The highest BCUT2D eigenvalue weighted by Crippen LogP contribution is 2.19. The molecule has 34 heavy (non-hydrogen) atoms. The summed E-state index contributed by atoms with van der Waals surface area (Å²) in [6.45, 7) is 4.31. The molecule has 8 heteroatoms. The number of carbonyl (C=O) groups excluding carboxylic acids is 2. The molecule has 4 rings (SSSR count). The van der Waals surface area contributed by atoms with Gasteiger partial charge in [0.2, 0.25) is 0 Å². The Kier molecular flexibility index (Phi) is 6.98. The number of benzene rings is 1. The zero-order valence-corrected chi connectivity index (χ0v) is 18.9. The van der Waals surface area contributed by atoms with E-state index in [0.29, 0.717) is 41.6 Å². The lowest BCUT2D eigenvalue weighted by atomic mass is 10.2. The van der Waals surface area contributed by atoms with Crippen molar-refractivity contribution in [3.05, 3.63) is 95.7 Å². The molecule has 0 atom stereocenters. The first-order valence-electron chi connectivity index (χ1n) is 10.8. The van der Waals surface area contributed by atoms with Crippen LogP contribution in [-0.4, -0.2) is 32.9 Å². The minimum absolute atomic E-state index is 0.240. The minimum Gasteiger partial charge on any atom is -0.487 e. The second-order valence-electron chi connectivity index (χ2n) is 7.40. The van der Waals surface area contributed by atoms with Crippen molar-refractivity contribution >= 4 is 29.3 Å². The monoisotopic (exact) mass is 456 g/mol. The number of rotatable bonds is 8. The van der Waals surface area contributed by atoms with Gasteiger partial charge < -0.3 is 19.2 Å². The smallest absolute Gasteiger partial charge is 0.330 e. The number of imidazole rings is 1. The fourth-order valence-electron chi connectivity index (χ4n) is 3.30. The number of esters is 1. The van der Waals surface area contributed by atoms with E-state index in [9.17, 15) is 9.59 Å². The molecule has 172 valence electrons. The van der Waals surface area contributed by atoms with E-state index in [1.54, 1.807) is 61.8 Å². The molecule has 4 aromatic rings. The minimum atomic E-state index is -0.417. The van der Waals surface area contributed by atoms with Gasteiger partial charge in [0.05, 0.1) is 23.7 Å². The molecule has 0 saturated carbocycles. The van der Waals surface area contributed by atoms with E-state index in [4.69, 9.17) is 9.47 Å². The third-order valence-electron chi connectivity index (χ3n) is 5.05. The number of hydrogen-bond acceptors (Lipinski definition) is 6. The second-order valence-corrected chi connectivity index (χ2v) is 7.40. The van der Waals surface area contributed by atoms with E-state index in [0.717, 1.165) is 11.4 Å². The summed E-state index contributed by atoms with van der Waals surface area (Å²) in [6, 6.07) is 16.2. The van der Waals surface area contributed by atoms with Crippen LogP contribution in [-0.2, 0) is 16.1 Å². The number of ether oxygens (including phenoxy) is 2. The summed E-state index contributed by atoms with van der Waals surface area (Å²) in [6.07, 6.45) is 6.48. The van der Waals surface area contributed by atoms with Crippen LogP contribution in [0.4, 0.5) is 5.69 Å². The number of nitrogens with zero attached hydrogens (tertiary/aromatic N) is 3. The molecule has 0 fully saturated rings. The van der Waals surface area contributed by atoms with Gasteiger partial charge in [-0.15, -0.1) is 0 Å². The molecule has 3 aromatic heterocycles. The Balaban J connectivity index is 1.42. The van der Waals surface area contributed by atoms with Gasteiger partial charge in [-0.1, -0.05) is 6.07 Å². The summed E-state index contributed by atoms with van der Waals surface area (Å²) in [5.41, 5.74) is 4.14.